The van der Waals surface area contributed by atoms with Gasteiger partial charge in [-0.2, -0.15) is 0 Å². The molecule has 0 aromatic heterocycles. The monoisotopic (exact) mass is 468 g/mol. The molecule has 0 amide bonds. The Hall–Kier alpha value is -1.65. The van der Waals surface area contributed by atoms with Gasteiger partial charge >= 0.3 is 5.97 Å². The number of hydrogen-bond donors (Lipinski definition) is 2. The van der Waals surface area contributed by atoms with Crippen molar-refractivity contribution in [2.75, 3.05) is 0 Å². The highest BCUT2D eigenvalue weighted by molar-refractivity contribution is 5.90. The van der Waals surface area contributed by atoms with Gasteiger partial charge in [-0.3, -0.25) is 0 Å². The first-order valence-corrected chi connectivity index (χ1v) is 13.4. The Balaban J connectivity index is 1.49. The van der Waals surface area contributed by atoms with Crippen LogP contribution in [0.25, 0.3) is 0 Å². The standard InChI is InChI=1S/C30H44O4/c1-7-23-19(4)29(33)34-27(23)15-17(2)24-12-13-25-21(9-8-14-30(24,25)6)10-11-22-16-26(31)20(5)28(32)18(22)3/h10-11,17,20,23-28,31-32H,3-4,7-9,12-16H2,1-2,5-6H3/t17-,20+,23+,24-,25+,26-,27+,28-,30-/m1/s1. The number of ether oxygens (including phenoxy) is 1. The van der Waals surface area contributed by atoms with Crippen molar-refractivity contribution in [2.24, 2.45) is 35.0 Å². The van der Waals surface area contributed by atoms with Crippen molar-refractivity contribution in [3.05, 3.63) is 47.6 Å². The zero-order valence-electron chi connectivity index (χ0n) is 21.6. The fraction of sp³-hybridized carbons (Fsp3) is 0.700. The highest BCUT2D eigenvalue weighted by atomic mass is 16.6. The van der Waals surface area contributed by atoms with Gasteiger partial charge in [-0.1, -0.05) is 58.6 Å². The van der Waals surface area contributed by atoms with E-state index < -0.39 is 12.2 Å². The third-order valence-corrected chi connectivity index (χ3v) is 9.99. The number of hydrogen-bond acceptors (Lipinski definition) is 4. The Morgan fingerprint density at radius 3 is 2.65 bits per heavy atom. The second-order valence-electron chi connectivity index (χ2n) is 11.8. The van der Waals surface area contributed by atoms with Crippen LogP contribution in [0.15, 0.2) is 47.6 Å². The average molecular weight is 469 g/mol. The molecule has 3 saturated carbocycles. The second-order valence-corrected chi connectivity index (χ2v) is 11.8. The summed E-state index contributed by atoms with van der Waals surface area (Å²) in [6, 6.07) is 0. The van der Waals surface area contributed by atoms with Crippen molar-refractivity contribution in [1.29, 1.82) is 0 Å². The molecule has 0 radical (unpaired) electrons. The van der Waals surface area contributed by atoms with E-state index in [2.05, 4.69) is 46.1 Å². The van der Waals surface area contributed by atoms with Crippen LogP contribution in [0.3, 0.4) is 0 Å². The maximum atomic E-state index is 12.1. The summed E-state index contributed by atoms with van der Waals surface area (Å²) in [5.41, 5.74) is 4.16. The number of cyclic esters (lactones) is 1. The topological polar surface area (TPSA) is 66.8 Å². The molecule has 3 aliphatic carbocycles. The number of carbonyl (C=O) groups is 1. The minimum atomic E-state index is -0.672. The lowest BCUT2D eigenvalue weighted by Crippen LogP contribution is -2.37. The molecule has 188 valence electrons. The second kappa shape index (κ2) is 9.78. The van der Waals surface area contributed by atoms with Crippen LogP contribution in [0.2, 0.25) is 0 Å². The Bertz CT molecular complexity index is 897. The molecule has 0 unspecified atom stereocenters. The van der Waals surface area contributed by atoms with E-state index in [4.69, 9.17) is 4.74 Å². The van der Waals surface area contributed by atoms with Gasteiger partial charge in [-0.25, -0.2) is 4.79 Å². The first-order valence-electron chi connectivity index (χ1n) is 13.4. The number of fused-ring (bicyclic) bond motifs is 1. The van der Waals surface area contributed by atoms with Crippen LogP contribution in [0.5, 0.6) is 0 Å². The highest BCUT2D eigenvalue weighted by Crippen LogP contribution is 2.60. The molecule has 2 N–H and O–H groups in total. The summed E-state index contributed by atoms with van der Waals surface area (Å²) in [6.45, 7) is 16.9. The first kappa shape index (κ1) is 25.4. The van der Waals surface area contributed by atoms with E-state index in [0.717, 1.165) is 30.4 Å². The predicted octanol–water partition coefficient (Wildman–Crippen LogP) is 5.91. The minimum absolute atomic E-state index is 0.0245. The van der Waals surface area contributed by atoms with Gasteiger partial charge in [0.2, 0.25) is 0 Å². The quantitative estimate of drug-likeness (QED) is 0.389. The normalized spacial score (nSPS) is 43.9. The van der Waals surface area contributed by atoms with Gasteiger partial charge in [-0.15, -0.1) is 0 Å². The Morgan fingerprint density at radius 2 is 1.94 bits per heavy atom. The maximum absolute atomic E-state index is 12.1. The van der Waals surface area contributed by atoms with Crippen molar-refractivity contribution in [1.82, 2.24) is 0 Å². The lowest BCUT2D eigenvalue weighted by Gasteiger charge is -2.45. The van der Waals surface area contributed by atoms with Gasteiger partial charge in [0, 0.05) is 17.4 Å². The zero-order chi connectivity index (χ0) is 24.8. The summed E-state index contributed by atoms with van der Waals surface area (Å²) in [4.78, 5) is 12.1. The SMILES string of the molecule is C=C1C(=CC=C2CCC[C@]3(C)[C@@H]([C@H](C)C[C@@H]4OC(=O)C(=C)[C@@H]4CC)CC[C@@H]23)C[C@@H](O)[C@H](C)[C@@H]1O. The molecule has 0 aromatic rings. The summed E-state index contributed by atoms with van der Waals surface area (Å²) in [5, 5.41) is 20.8. The number of aliphatic hydroxyl groups excluding tert-OH is 2. The molecule has 0 spiro atoms. The van der Waals surface area contributed by atoms with E-state index in [1.165, 1.54) is 31.3 Å². The molecule has 4 rings (SSSR count). The smallest absolute Gasteiger partial charge is 0.334 e. The molecular weight excluding hydrogens is 424 g/mol. The van der Waals surface area contributed by atoms with Crippen molar-refractivity contribution in [3.8, 4) is 0 Å². The Labute approximate surface area is 205 Å². The van der Waals surface area contributed by atoms with E-state index in [1.54, 1.807) is 0 Å². The lowest BCUT2D eigenvalue weighted by atomic mass is 9.60. The lowest BCUT2D eigenvalue weighted by molar-refractivity contribution is -0.140. The molecular formula is C30H44O4. The number of allylic oxidation sites excluding steroid dienone is 3. The van der Waals surface area contributed by atoms with Gasteiger partial charge in [0.05, 0.1) is 12.2 Å². The molecule has 4 nitrogen and oxygen atoms in total. The molecule has 4 heteroatoms. The van der Waals surface area contributed by atoms with E-state index in [9.17, 15) is 15.0 Å². The third kappa shape index (κ3) is 4.37. The average Bonchev–Trinajstić information content (AvgIpc) is 3.29. The summed E-state index contributed by atoms with van der Waals surface area (Å²) in [6.07, 6.45) is 11.6. The van der Waals surface area contributed by atoms with E-state index in [0.29, 0.717) is 29.7 Å². The van der Waals surface area contributed by atoms with Crippen molar-refractivity contribution < 1.29 is 19.7 Å². The van der Waals surface area contributed by atoms with Crippen LogP contribution >= 0.6 is 0 Å². The number of esters is 1. The summed E-state index contributed by atoms with van der Waals surface area (Å²) in [5.74, 6) is 1.47. The Kier molecular flexibility index (Phi) is 7.32. The van der Waals surface area contributed by atoms with Gasteiger partial charge < -0.3 is 14.9 Å². The van der Waals surface area contributed by atoms with Gasteiger partial charge in [0.15, 0.2) is 0 Å². The largest absolute Gasteiger partial charge is 0.458 e. The summed E-state index contributed by atoms with van der Waals surface area (Å²) >= 11 is 0. The fourth-order valence-corrected chi connectivity index (χ4v) is 7.78. The van der Waals surface area contributed by atoms with Gasteiger partial charge in [0.25, 0.3) is 0 Å². The zero-order valence-corrected chi connectivity index (χ0v) is 21.6. The van der Waals surface area contributed by atoms with E-state index in [1.807, 2.05) is 6.92 Å². The highest BCUT2D eigenvalue weighted by Gasteiger charge is 2.51. The molecule has 34 heavy (non-hydrogen) atoms. The van der Waals surface area contributed by atoms with E-state index >= 15 is 0 Å². The van der Waals surface area contributed by atoms with Crippen LogP contribution in [-0.4, -0.2) is 34.5 Å². The molecule has 4 fully saturated rings. The number of rotatable bonds is 5. The maximum Gasteiger partial charge on any atom is 0.334 e. The summed E-state index contributed by atoms with van der Waals surface area (Å²) in [7, 11) is 0. The van der Waals surface area contributed by atoms with Crippen LogP contribution < -0.4 is 0 Å². The minimum Gasteiger partial charge on any atom is -0.458 e. The molecule has 0 bridgehead atoms. The van der Waals surface area contributed by atoms with Crippen LogP contribution in [-0.2, 0) is 9.53 Å². The number of carbonyl (C=O) groups excluding carboxylic acids is 1. The van der Waals surface area contributed by atoms with Crippen molar-refractivity contribution in [3.63, 3.8) is 0 Å². The molecule has 9 atom stereocenters. The third-order valence-electron chi connectivity index (χ3n) is 9.99. The van der Waals surface area contributed by atoms with Crippen LogP contribution in [0.1, 0.15) is 79.1 Å². The molecule has 1 aliphatic heterocycles. The van der Waals surface area contributed by atoms with Crippen LogP contribution in [0.4, 0.5) is 0 Å². The van der Waals surface area contributed by atoms with Crippen molar-refractivity contribution >= 4 is 5.97 Å². The van der Waals surface area contributed by atoms with Crippen LogP contribution in [0, 0.1) is 35.0 Å². The Morgan fingerprint density at radius 1 is 1.21 bits per heavy atom. The summed E-state index contributed by atoms with van der Waals surface area (Å²) < 4.78 is 5.73. The number of aliphatic hydroxyl groups is 2. The predicted molar refractivity (Wildman–Crippen MR) is 136 cm³/mol. The molecule has 4 aliphatic rings. The molecule has 1 saturated heterocycles. The van der Waals surface area contributed by atoms with Gasteiger partial charge in [0.1, 0.15) is 6.10 Å². The molecule has 0 aromatic carbocycles. The first-order chi connectivity index (χ1) is 16.1. The van der Waals surface area contributed by atoms with Gasteiger partial charge in [-0.05, 0) is 85.7 Å². The van der Waals surface area contributed by atoms with E-state index in [-0.39, 0.29) is 29.3 Å². The fourth-order valence-electron chi connectivity index (χ4n) is 7.78. The molecule has 1 heterocycles. The van der Waals surface area contributed by atoms with Crippen molar-refractivity contribution in [2.45, 2.75) is 97.4 Å².